The second-order valence-corrected chi connectivity index (χ2v) is 4.43. The fourth-order valence-electron chi connectivity index (χ4n) is 1.67. The summed E-state index contributed by atoms with van der Waals surface area (Å²) in [5.74, 6) is -3.00. The highest BCUT2D eigenvalue weighted by Crippen LogP contribution is 2.27. The zero-order valence-electron chi connectivity index (χ0n) is 12.4. The molecular formula is C14H13N3O6. The average Bonchev–Trinajstić information content (AvgIpc) is 2.52. The summed E-state index contributed by atoms with van der Waals surface area (Å²) in [4.78, 5) is 33.7. The fourth-order valence-corrected chi connectivity index (χ4v) is 1.67. The molecule has 1 rings (SSSR count). The lowest BCUT2D eigenvalue weighted by atomic mass is 10.0. The van der Waals surface area contributed by atoms with Gasteiger partial charge in [-0.3, -0.25) is 14.9 Å². The minimum atomic E-state index is -1.28. The first kappa shape index (κ1) is 17.8. The van der Waals surface area contributed by atoms with Crippen LogP contribution in [-0.2, 0) is 9.53 Å². The Morgan fingerprint density at radius 1 is 1.48 bits per heavy atom. The molecule has 0 fully saturated rings. The van der Waals surface area contributed by atoms with Gasteiger partial charge in [-0.25, -0.2) is 4.79 Å². The third-order valence-corrected chi connectivity index (χ3v) is 2.84. The number of carbonyl (C=O) groups is 2. The van der Waals surface area contributed by atoms with E-state index in [1.165, 1.54) is 26.2 Å². The molecule has 1 unspecified atom stereocenters. The van der Waals surface area contributed by atoms with Crippen LogP contribution < -0.4 is 4.74 Å². The van der Waals surface area contributed by atoms with Crippen LogP contribution in [0, 0.1) is 32.8 Å². The van der Waals surface area contributed by atoms with E-state index in [0.717, 1.165) is 6.07 Å². The molecule has 0 amide bonds. The number of nitriles is 1. The number of Topliss-reactive ketones (excluding diaryl/α,β-unsaturated/α-hetero) is 1. The summed E-state index contributed by atoms with van der Waals surface area (Å²) in [5.41, 5.74) is -0.711. The first-order valence-electron chi connectivity index (χ1n) is 6.28. The van der Waals surface area contributed by atoms with Gasteiger partial charge in [0.1, 0.15) is 5.92 Å². The number of esters is 1. The van der Waals surface area contributed by atoms with Gasteiger partial charge in [-0.15, -0.1) is 0 Å². The summed E-state index contributed by atoms with van der Waals surface area (Å²) in [5, 5.41) is 26.9. The molecule has 1 aromatic rings. The van der Waals surface area contributed by atoms with Crippen molar-refractivity contribution in [1.82, 2.24) is 0 Å². The molecule has 23 heavy (non-hydrogen) atoms. The number of ether oxygens (including phenoxy) is 2. The third-order valence-electron chi connectivity index (χ3n) is 2.84. The minimum Gasteiger partial charge on any atom is -0.490 e. The van der Waals surface area contributed by atoms with Crippen molar-refractivity contribution in [1.29, 1.82) is 10.7 Å². The van der Waals surface area contributed by atoms with Crippen LogP contribution in [0.5, 0.6) is 5.75 Å². The molecule has 0 saturated carbocycles. The summed E-state index contributed by atoms with van der Waals surface area (Å²) >= 11 is 0. The van der Waals surface area contributed by atoms with Gasteiger partial charge in [0.25, 0.3) is 0 Å². The van der Waals surface area contributed by atoms with Crippen LogP contribution in [0.25, 0.3) is 0 Å². The molecule has 1 N–H and O–H groups in total. The largest absolute Gasteiger partial charge is 0.490 e. The Morgan fingerprint density at radius 2 is 2.13 bits per heavy atom. The molecule has 0 aliphatic rings. The van der Waals surface area contributed by atoms with Gasteiger partial charge in [-0.05, 0) is 19.1 Å². The van der Waals surface area contributed by atoms with E-state index in [4.69, 9.17) is 20.1 Å². The molecule has 0 spiro atoms. The highest BCUT2D eigenvalue weighted by molar-refractivity contribution is 6.06. The van der Waals surface area contributed by atoms with Crippen molar-refractivity contribution in [3.05, 3.63) is 33.9 Å². The summed E-state index contributed by atoms with van der Waals surface area (Å²) < 4.78 is 9.54. The standard InChI is InChI=1S/C14H13N3O6/c1-8(16)10(6-15)12(18)7-23-14(19)9-3-4-13(22-2)11(5-9)17(20)21/h3-5,10,16H,7H2,1-2H3. The Labute approximate surface area is 131 Å². The lowest BCUT2D eigenvalue weighted by molar-refractivity contribution is -0.385. The van der Waals surface area contributed by atoms with Gasteiger partial charge in [0.15, 0.2) is 18.1 Å². The van der Waals surface area contributed by atoms with Crippen molar-refractivity contribution in [2.45, 2.75) is 6.92 Å². The van der Waals surface area contributed by atoms with Crippen molar-refractivity contribution >= 4 is 23.2 Å². The average molecular weight is 319 g/mol. The summed E-state index contributed by atoms with van der Waals surface area (Å²) in [6, 6.07) is 5.08. The molecule has 0 radical (unpaired) electrons. The highest BCUT2D eigenvalue weighted by Gasteiger charge is 2.23. The van der Waals surface area contributed by atoms with Crippen LogP contribution in [0.15, 0.2) is 18.2 Å². The minimum absolute atomic E-state index is 0.0217. The number of hydrogen-bond donors (Lipinski definition) is 1. The fraction of sp³-hybridized carbons (Fsp3) is 0.286. The van der Waals surface area contributed by atoms with E-state index in [1.807, 2.05) is 0 Å². The van der Waals surface area contributed by atoms with E-state index in [9.17, 15) is 19.7 Å². The van der Waals surface area contributed by atoms with E-state index >= 15 is 0 Å². The second-order valence-electron chi connectivity index (χ2n) is 4.43. The molecule has 0 aliphatic heterocycles. The Hall–Kier alpha value is -3.28. The molecular weight excluding hydrogens is 306 g/mol. The molecule has 120 valence electrons. The predicted molar refractivity (Wildman–Crippen MR) is 77.4 cm³/mol. The molecule has 9 heteroatoms. The molecule has 0 heterocycles. The number of nitrogens with zero attached hydrogens (tertiary/aromatic N) is 2. The maximum Gasteiger partial charge on any atom is 0.338 e. The maximum atomic E-state index is 11.8. The van der Waals surface area contributed by atoms with Crippen molar-refractivity contribution in [2.75, 3.05) is 13.7 Å². The zero-order chi connectivity index (χ0) is 17.6. The van der Waals surface area contributed by atoms with E-state index in [0.29, 0.717) is 0 Å². The van der Waals surface area contributed by atoms with E-state index in [1.54, 1.807) is 6.07 Å². The van der Waals surface area contributed by atoms with Crippen LogP contribution >= 0.6 is 0 Å². The highest BCUT2D eigenvalue weighted by atomic mass is 16.6. The molecule has 0 saturated heterocycles. The Morgan fingerprint density at radius 3 is 2.61 bits per heavy atom. The van der Waals surface area contributed by atoms with Crippen LogP contribution in [0.3, 0.4) is 0 Å². The monoisotopic (exact) mass is 319 g/mol. The number of nitro benzene ring substituents is 1. The lowest BCUT2D eigenvalue weighted by Gasteiger charge is -2.08. The number of nitrogens with one attached hydrogen (secondary N) is 1. The van der Waals surface area contributed by atoms with Gasteiger partial charge in [0, 0.05) is 11.8 Å². The first-order chi connectivity index (χ1) is 10.8. The lowest BCUT2D eigenvalue weighted by Crippen LogP contribution is -2.25. The van der Waals surface area contributed by atoms with Crippen LogP contribution in [0.4, 0.5) is 5.69 Å². The maximum absolute atomic E-state index is 11.8. The van der Waals surface area contributed by atoms with Gasteiger partial charge in [-0.2, -0.15) is 5.26 Å². The summed E-state index contributed by atoms with van der Waals surface area (Å²) in [6.07, 6.45) is 0. The second kappa shape index (κ2) is 7.65. The number of benzene rings is 1. The number of carbonyl (C=O) groups excluding carboxylic acids is 2. The van der Waals surface area contributed by atoms with E-state index < -0.39 is 34.9 Å². The SMILES string of the molecule is COc1ccc(C(=O)OCC(=O)C(C#N)C(C)=N)cc1[N+](=O)[O-]. The van der Waals surface area contributed by atoms with Crippen molar-refractivity contribution < 1.29 is 24.0 Å². The first-order valence-corrected chi connectivity index (χ1v) is 6.28. The van der Waals surface area contributed by atoms with Crippen LogP contribution in [-0.4, -0.2) is 36.1 Å². The number of hydrogen-bond acceptors (Lipinski definition) is 8. The molecule has 0 aliphatic carbocycles. The van der Waals surface area contributed by atoms with Crippen molar-refractivity contribution in [2.24, 2.45) is 5.92 Å². The Balaban J connectivity index is 2.85. The topological polar surface area (TPSA) is 143 Å². The molecule has 9 nitrogen and oxygen atoms in total. The molecule has 1 atom stereocenters. The van der Waals surface area contributed by atoms with E-state index in [-0.39, 0.29) is 17.0 Å². The van der Waals surface area contributed by atoms with Gasteiger partial charge in [0.05, 0.1) is 23.7 Å². The number of methoxy groups -OCH3 is 1. The molecule has 1 aromatic carbocycles. The quantitative estimate of drug-likeness (QED) is 0.347. The smallest absolute Gasteiger partial charge is 0.338 e. The van der Waals surface area contributed by atoms with Crippen molar-refractivity contribution in [3.8, 4) is 11.8 Å². The molecule has 0 bridgehead atoms. The number of ketones is 1. The Bertz CT molecular complexity index is 707. The van der Waals surface area contributed by atoms with E-state index in [2.05, 4.69) is 0 Å². The van der Waals surface area contributed by atoms with Crippen molar-refractivity contribution in [3.63, 3.8) is 0 Å². The normalized spacial score (nSPS) is 11.0. The summed E-state index contributed by atoms with van der Waals surface area (Å²) in [6.45, 7) is 0.591. The van der Waals surface area contributed by atoms with Gasteiger partial charge >= 0.3 is 11.7 Å². The predicted octanol–water partition coefficient (Wildman–Crippen LogP) is 1.51. The summed E-state index contributed by atoms with van der Waals surface area (Å²) in [7, 11) is 1.25. The number of nitro groups is 1. The van der Waals surface area contributed by atoms with Crippen LogP contribution in [0.2, 0.25) is 0 Å². The Kier molecular flexibility index (Phi) is 5.91. The van der Waals surface area contributed by atoms with Crippen LogP contribution in [0.1, 0.15) is 17.3 Å². The van der Waals surface area contributed by atoms with Gasteiger partial charge in [-0.1, -0.05) is 0 Å². The zero-order valence-corrected chi connectivity index (χ0v) is 12.4. The van der Waals surface area contributed by atoms with Gasteiger partial charge in [0.2, 0.25) is 0 Å². The molecule has 0 aromatic heterocycles. The number of rotatable bonds is 7. The van der Waals surface area contributed by atoms with Gasteiger partial charge < -0.3 is 14.9 Å². The third kappa shape index (κ3) is 4.34.